The van der Waals surface area contributed by atoms with E-state index in [1.807, 2.05) is 36.4 Å². The molecule has 0 radical (unpaired) electrons. The number of hydrogen-bond acceptors (Lipinski definition) is 1. The third-order valence-corrected chi connectivity index (χ3v) is 2.10. The van der Waals surface area contributed by atoms with Gasteiger partial charge >= 0.3 is 0 Å². The Balaban J connectivity index is 2.52. The van der Waals surface area contributed by atoms with Crippen molar-refractivity contribution in [2.75, 3.05) is 0 Å². The van der Waals surface area contributed by atoms with Crippen molar-refractivity contribution in [2.24, 2.45) is 5.73 Å². The molecule has 0 unspecified atom stereocenters. The second-order valence-electron chi connectivity index (χ2n) is 3.05. The molecule has 3 heteroatoms. The summed E-state index contributed by atoms with van der Waals surface area (Å²) in [6.45, 7) is 0. The lowest BCUT2D eigenvalue weighted by Crippen LogP contribution is -2.11. The summed E-state index contributed by atoms with van der Waals surface area (Å²) in [6.07, 6.45) is 1.79. The van der Waals surface area contributed by atoms with Crippen LogP contribution in [0, 0.1) is 5.41 Å². The van der Waals surface area contributed by atoms with E-state index < -0.39 is 0 Å². The van der Waals surface area contributed by atoms with E-state index in [1.165, 1.54) is 0 Å². The molecule has 14 heavy (non-hydrogen) atoms. The van der Waals surface area contributed by atoms with Gasteiger partial charge in [-0.15, -0.1) is 0 Å². The topological polar surface area (TPSA) is 65.7 Å². The number of benzene rings is 1. The molecule has 4 N–H and O–H groups in total. The molecule has 0 saturated heterocycles. The number of aromatic nitrogens is 1. The minimum atomic E-state index is 0.0881. The molecule has 0 aliphatic carbocycles. The smallest absolute Gasteiger partial charge is 0.124 e. The minimum absolute atomic E-state index is 0.0881. The zero-order valence-corrected chi connectivity index (χ0v) is 7.62. The summed E-state index contributed by atoms with van der Waals surface area (Å²) in [5.74, 6) is 0.0881. The predicted octanol–water partition coefficient (Wildman–Crippen LogP) is 1.97. The number of nitrogen functional groups attached to an aromatic ring is 1. The third kappa shape index (κ3) is 1.40. The van der Waals surface area contributed by atoms with E-state index in [1.54, 1.807) is 6.20 Å². The molecule has 1 heterocycles. The quantitative estimate of drug-likeness (QED) is 0.486. The SMILES string of the molecule is N=C(N)c1cc[nH]c1-c1ccccc1. The predicted molar refractivity (Wildman–Crippen MR) is 57.2 cm³/mol. The van der Waals surface area contributed by atoms with Crippen LogP contribution in [0.15, 0.2) is 42.6 Å². The Morgan fingerprint density at radius 1 is 1.14 bits per heavy atom. The molecule has 0 aliphatic rings. The Hall–Kier alpha value is -2.03. The highest BCUT2D eigenvalue weighted by Gasteiger charge is 2.07. The Bertz CT molecular complexity index is 443. The lowest BCUT2D eigenvalue weighted by molar-refractivity contribution is 1.38. The minimum Gasteiger partial charge on any atom is -0.384 e. The molecule has 0 atom stereocenters. The number of hydrogen-bond donors (Lipinski definition) is 3. The molecule has 0 saturated carbocycles. The van der Waals surface area contributed by atoms with Crippen LogP contribution in [0.1, 0.15) is 5.56 Å². The van der Waals surface area contributed by atoms with Crippen molar-refractivity contribution in [1.82, 2.24) is 4.98 Å². The molecule has 0 spiro atoms. The average Bonchev–Trinajstić information content (AvgIpc) is 2.67. The van der Waals surface area contributed by atoms with Gasteiger partial charge in [-0.05, 0) is 11.6 Å². The number of nitrogens with one attached hydrogen (secondary N) is 2. The maximum atomic E-state index is 7.40. The van der Waals surface area contributed by atoms with Gasteiger partial charge in [0.2, 0.25) is 0 Å². The van der Waals surface area contributed by atoms with E-state index in [9.17, 15) is 0 Å². The summed E-state index contributed by atoms with van der Waals surface area (Å²) in [5, 5.41) is 7.40. The highest BCUT2D eigenvalue weighted by molar-refractivity contribution is 6.00. The largest absolute Gasteiger partial charge is 0.384 e. The molecule has 0 fully saturated rings. The van der Waals surface area contributed by atoms with Gasteiger partial charge in [0.05, 0.1) is 5.69 Å². The van der Waals surface area contributed by atoms with Crippen molar-refractivity contribution in [3.05, 3.63) is 48.2 Å². The molecule has 1 aromatic heterocycles. The Morgan fingerprint density at radius 3 is 2.50 bits per heavy atom. The second kappa shape index (κ2) is 3.38. The number of nitrogens with two attached hydrogens (primary N) is 1. The highest BCUT2D eigenvalue weighted by Crippen LogP contribution is 2.20. The summed E-state index contributed by atoms with van der Waals surface area (Å²) < 4.78 is 0. The fourth-order valence-corrected chi connectivity index (χ4v) is 1.44. The molecular weight excluding hydrogens is 174 g/mol. The molecule has 1 aromatic carbocycles. The first kappa shape index (κ1) is 8.56. The van der Waals surface area contributed by atoms with Crippen molar-refractivity contribution < 1.29 is 0 Å². The number of H-pyrrole nitrogens is 1. The molecule has 2 aromatic rings. The number of rotatable bonds is 2. The normalized spacial score (nSPS) is 10.0. The summed E-state index contributed by atoms with van der Waals surface area (Å²) in [7, 11) is 0. The van der Waals surface area contributed by atoms with Gasteiger partial charge in [-0.1, -0.05) is 30.3 Å². The zero-order valence-electron chi connectivity index (χ0n) is 7.62. The van der Waals surface area contributed by atoms with Crippen LogP contribution in [0.4, 0.5) is 0 Å². The lowest BCUT2D eigenvalue weighted by Gasteiger charge is -2.01. The Morgan fingerprint density at radius 2 is 1.86 bits per heavy atom. The van der Waals surface area contributed by atoms with Crippen LogP contribution in [0.3, 0.4) is 0 Å². The molecule has 2 rings (SSSR count). The maximum Gasteiger partial charge on any atom is 0.124 e. The van der Waals surface area contributed by atoms with Crippen molar-refractivity contribution in [3.8, 4) is 11.3 Å². The monoisotopic (exact) mass is 185 g/mol. The van der Waals surface area contributed by atoms with E-state index in [0.717, 1.165) is 16.8 Å². The first-order chi connectivity index (χ1) is 6.79. The van der Waals surface area contributed by atoms with Gasteiger partial charge < -0.3 is 10.7 Å². The van der Waals surface area contributed by atoms with Crippen LogP contribution in [-0.4, -0.2) is 10.8 Å². The van der Waals surface area contributed by atoms with Gasteiger partial charge in [-0.3, -0.25) is 5.41 Å². The third-order valence-electron chi connectivity index (χ3n) is 2.10. The molecule has 0 aliphatic heterocycles. The van der Waals surface area contributed by atoms with Gasteiger partial charge in [0.1, 0.15) is 5.84 Å². The van der Waals surface area contributed by atoms with Crippen LogP contribution < -0.4 is 5.73 Å². The molecule has 0 amide bonds. The van der Waals surface area contributed by atoms with Gasteiger partial charge in [-0.2, -0.15) is 0 Å². The van der Waals surface area contributed by atoms with Crippen LogP contribution >= 0.6 is 0 Å². The molecular formula is C11H11N3. The summed E-state index contributed by atoms with van der Waals surface area (Å²) in [4.78, 5) is 3.08. The van der Waals surface area contributed by atoms with Crippen LogP contribution in [-0.2, 0) is 0 Å². The van der Waals surface area contributed by atoms with E-state index in [2.05, 4.69) is 4.98 Å². The van der Waals surface area contributed by atoms with E-state index >= 15 is 0 Å². The van der Waals surface area contributed by atoms with Crippen molar-refractivity contribution in [3.63, 3.8) is 0 Å². The van der Waals surface area contributed by atoms with Crippen molar-refractivity contribution in [2.45, 2.75) is 0 Å². The standard InChI is InChI=1S/C11H11N3/c12-11(13)9-6-7-14-10(9)8-4-2-1-3-5-8/h1-7,14H,(H3,12,13). The zero-order chi connectivity index (χ0) is 9.97. The van der Waals surface area contributed by atoms with Crippen molar-refractivity contribution >= 4 is 5.84 Å². The fraction of sp³-hybridized carbons (Fsp3) is 0. The second-order valence-corrected chi connectivity index (χ2v) is 3.05. The number of aromatic amines is 1. The first-order valence-corrected chi connectivity index (χ1v) is 4.36. The van der Waals surface area contributed by atoms with Gasteiger partial charge in [0.25, 0.3) is 0 Å². The maximum absolute atomic E-state index is 7.40. The Kier molecular flexibility index (Phi) is 2.07. The average molecular weight is 185 g/mol. The Labute approximate surface area is 82.1 Å². The van der Waals surface area contributed by atoms with Gasteiger partial charge in [0.15, 0.2) is 0 Å². The van der Waals surface area contributed by atoms with Crippen LogP contribution in [0.5, 0.6) is 0 Å². The van der Waals surface area contributed by atoms with E-state index in [-0.39, 0.29) is 5.84 Å². The number of amidine groups is 1. The van der Waals surface area contributed by atoms with Crippen molar-refractivity contribution in [1.29, 1.82) is 5.41 Å². The summed E-state index contributed by atoms with van der Waals surface area (Å²) in [6, 6.07) is 11.7. The van der Waals surface area contributed by atoms with Crippen LogP contribution in [0.2, 0.25) is 0 Å². The highest BCUT2D eigenvalue weighted by atomic mass is 14.8. The first-order valence-electron chi connectivity index (χ1n) is 4.36. The summed E-state index contributed by atoms with van der Waals surface area (Å²) in [5.41, 5.74) is 8.15. The molecule has 0 bridgehead atoms. The van der Waals surface area contributed by atoms with Gasteiger partial charge in [0, 0.05) is 11.8 Å². The lowest BCUT2D eigenvalue weighted by atomic mass is 10.1. The summed E-state index contributed by atoms with van der Waals surface area (Å²) >= 11 is 0. The fourth-order valence-electron chi connectivity index (χ4n) is 1.44. The van der Waals surface area contributed by atoms with Gasteiger partial charge in [-0.25, -0.2) is 0 Å². The van der Waals surface area contributed by atoms with E-state index in [4.69, 9.17) is 11.1 Å². The molecule has 70 valence electrons. The molecule has 3 nitrogen and oxygen atoms in total. The van der Waals surface area contributed by atoms with Crippen LogP contribution in [0.25, 0.3) is 11.3 Å². The van der Waals surface area contributed by atoms with E-state index in [0.29, 0.717) is 0 Å².